The van der Waals surface area contributed by atoms with E-state index >= 15 is 0 Å². The lowest BCUT2D eigenvalue weighted by Gasteiger charge is -2.17. The summed E-state index contributed by atoms with van der Waals surface area (Å²) in [6.07, 6.45) is 4.84. The predicted molar refractivity (Wildman–Crippen MR) is 153 cm³/mol. The summed E-state index contributed by atoms with van der Waals surface area (Å²) in [4.78, 5) is 16.4. The SMILES string of the molecule is C[C@H](Nc1nccc(-n2cnc3cc(NCC4CCN(Cc5ccccc5)C4)ccc32)n1)c1ccccc1. The molecule has 7 nitrogen and oxygen atoms in total. The molecule has 6 rings (SSSR count). The van der Waals surface area contributed by atoms with Crippen LogP contribution in [0.5, 0.6) is 0 Å². The minimum absolute atomic E-state index is 0.102. The third kappa shape index (κ3) is 5.53. The van der Waals surface area contributed by atoms with Crippen molar-refractivity contribution in [1.29, 1.82) is 0 Å². The molecule has 38 heavy (non-hydrogen) atoms. The smallest absolute Gasteiger partial charge is 0.225 e. The van der Waals surface area contributed by atoms with Gasteiger partial charge in [-0.3, -0.25) is 9.47 Å². The molecule has 2 aromatic heterocycles. The molecule has 1 saturated heterocycles. The minimum Gasteiger partial charge on any atom is -0.385 e. The van der Waals surface area contributed by atoms with Crippen molar-refractivity contribution < 1.29 is 0 Å². The number of rotatable bonds is 9. The van der Waals surface area contributed by atoms with Gasteiger partial charge in [0.25, 0.3) is 0 Å². The molecule has 0 amide bonds. The van der Waals surface area contributed by atoms with E-state index in [0.29, 0.717) is 11.9 Å². The van der Waals surface area contributed by atoms with E-state index in [9.17, 15) is 0 Å². The molecule has 1 fully saturated rings. The zero-order valence-electron chi connectivity index (χ0n) is 21.7. The van der Waals surface area contributed by atoms with Crippen LogP contribution in [-0.4, -0.2) is 44.1 Å². The highest BCUT2D eigenvalue weighted by molar-refractivity contribution is 5.81. The molecule has 192 valence electrons. The lowest BCUT2D eigenvalue weighted by Crippen LogP contribution is -2.22. The summed E-state index contributed by atoms with van der Waals surface area (Å²) >= 11 is 0. The van der Waals surface area contributed by atoms with Crippen molar-refractivity contribution in [3.8, 4) is 5.82 Å². The topological polar surface area (TPSA) is 70.9 Å². The molecule has 0 radical (unpaired) electrons. The molecule has 0 saturated carbocycles. The number of aromatic nitrogens is 4. The number of hydrogen-bond donors (Lipinski definition) is 2. The molecule has 0 aliphatic carbocycles. The molecule has 1 unspecified atom stereocenters. The average Bonchev–Trinajstić information content (AvgIpc) is 3.59. The Morgan fingerprint density at radius 2 is 1.76 bits per heavy atom. The molecular weight excluding hydrogens is 470 g/mol. The van der Waals surface area contributed by atoms with Crippen LogP contribution in [0.25, 0.3) is 16.9 Å². The van der Waals surface area contributed by atoms with Gasteiger partial charge in [0.1, 0.15) is 12.1 Å². The molecule has 0 spiro atoms. The van der Waals surface area contributed by atoms with Gasteiger partial charge in [0.2, 0.25) is 5.95 Å². The highest BCUT2D eigenvalue weighted by Crippen LogP contribution is 2.24. The van der Waals surface area contributed by atoms with Crippen LogP contribution in [0.1, 0.15) is 30.5 Å². The van der Waals surface area contributed by atoms with Gasteiger partial charge in [-0.1, -0.05) is 60.7 Å². The second-order valence-electron chi connectivity index (χ2n) is 10.1. The molecule has 1 aliphatic rings. The van der Waals surface area contributed by atoms with Gasteiger partial charge in [-0.25, -0.2) is 9.97 Å². The molecular formula is C31H33N7. The van der Waals surface area contributed by atoms with E-state index in [-0.39, 0.29) is 6.04 Å². The Kier molecular flexibility index (Phi) is 7.00. The molecule has 0 bridgehead atoms. The van der Waals surface area contributed by atoms with Gasteiger partial charge < -0.3 is 10.6 Å². The Balaban J connectivity index is 1.09. The lowest BCUT2D eigenvalue weighted by molar-refractivity contribution is 0.319. The van der Waals surface area contributed by atoms with Gasteiger partial charge in [-0.15, -0.1) is 0 Å². The van der Waals surface area contributed by atoms with Crippen LogP contribution in [0.3, 0.4) is 0 Å². The first-order valence-corrected chi connectivity index (χ1v) is 13.3. The van der Waals surface area contributed by atoms with Gasteiger partial charge in [0.15, 0.2) is 0 Å². The number of imidazole rings is 1. The zero-order chi connectivity index (χ0) is 25.7. The predicted octanol–water partition coefficient (Wildman–Crippen LogP) is 5.92. The first kappa shape index (κ1) is 24.1. The van der Waals surface area contributed by atoms with Crippen molar-refractivity contribution in [2.75, 3.05) is 30.3 Å². The molecule has 7 heteroatoms. The number of benzene rings is 3. The number of nitrogens with zero attached hydrogens (tertiary/aromatic N) is 5. The van der Waals surface area contributed by atoms with E-state index in [1.165, 1.54) is 17.5 Å². The maximum atomic E-state index is 4.76. The normalized spacial score (nSPS) is 16.5. The Hall–Kier alpha value is -4.23. The third-order valence-corrected chi connectivity index (χ3v) is 7.29. The summed E-state index contributed by atoms with van der Waals surface area (Å²) in [6.45, 7) is 6.40. The summed E-state index contributed by atoms with van der Waals surface area (Å²) in [5.41, 5.74) is 5.64. The number of fused-ring (bicyclic) bond motifs is 1. The standard InChI is InChI=1S/C31H33N7/c1-23(26-10-6-3-7-11-26)35-31-32-16-14-30(36-31)38-22-34-28-18-27(12-13-29(28)38)33-19-25-15-17-37(21-25)20-24-8-4-2-5-9-24/h2-14,16,18,22-23,25,33H,15,17,19-21H2,1H3,(H,32,35,36)/t23-,25?/m0/s1. The molecule has 3 aromatic carbocycles. The van der Waals surface area contributed by atoms with Crippen molar-refractivity contribution in [1.82, 2.24) is 24.4 Å². The second-order valence-corrected chi connectivity index (χ2v) is 10.1. The Bertz CT molecular complexity index is 1480. The quantitative estimate of drug-likeness (QED) is 0.260. The van der Waals surface area contributed by atoms with Crippen molar-refractivity contribution in [2.24, 2.45) is 5.92 Å². The third-order valence-electron chi connectivity index (χ3n) is 7.29. The van der Waals surface area contributed by atoms with Crippen LogP contribution in [0.15, 0.2) is 97.5 Å². The molecule has 2 N–H and O–H groups in total. The molecule has 5 aromatic rings. The fraction of sp³-hybridized carbons (Fsp3) is 0.258. The van der Waals surface area contributed by atoms with Gasteiger partial charge in [0, 0.05) is 31.5 Å². The van der Waals surface area contributed by atoms with Crippen molar-refractivity contribution in [2.45, 2.75) is 25.9 Å². The highest BCUT2D eigenvalue weighted by Gasteiger charge is 2.22. The fourth-order valence-corrected chi connectivity index (χ4v) is 5.20. The lowest BCUT2D eigenvalue weighted by atomic mass is 10.1. The van der Waals surface area contributed by atoms with Gasteiger partial charge in [-0.2, -0.15) is 4.98 Å². The molecule has 1 aliphatic heterocycles. The van der Waals surface area contributed by atoms with E-state index in [1.807, 2.05) is 35.2 Å². The second kappa shape index (κ2) is 11.0. The fourth-order valence-electron chi connectivity index (χ4n) is 5.20. The summed E-state index contributed by atoms with van der Waals surface area (Å²) in [5, 5.41) is 7.06. The van der Waals surface area contributed by atoms with Crippen LogP contribution in [0, 0.1) is 5.92 Å². The van der Waals surface area contributed by atoms with Crippen LogP contribution in [-0.2, 0) is 6.54 Å². The molecule has 3 heterocycles. The summed E-state index contributed by atoms with van der Waals surface area (Å²) in [7, 11) is 0. The Labute approximate surface area is 223 Å². The average molecular weight is 504 g/mol. The Morgan fingerprint density at radius 3 is 2.61 bits per heavy atom. The molecule has 2 atom stereocenters. The van der Waals surface area contributed by atoms with Crippen LogP contribution < -0.4 is 10.6 Å². The van der Waals surface area contributed by atoms with E-state index in [1.54, 1.807) is 6.20 Å². The van der Waals surface area contributed by atoms with Crippen molar-refractivity contribution in [3.05, 3.63) is 109 Å². The van der Waals surface area contributed by atoms with Gasteiger partial charge in [0.05, 0.1) is 17.1 Å². The highest BCUT2D eigenvalue weighted by atomic mass is 15.2. The Morgan fingerprint density at radius 1 is 0.947 bits per heavy atom. The van der Waals surface area contributed by atoms with Crippen LogP contribution >= 0.6 is 0 Å². The van der Waals surface area contributed by atoms with Crippen molar-refractivity contribution in [3.63, 3.8) is 0 Å². The first-order valence-electron chi connectivity index (χ1n) is 13.3. The number of anilines is 2. The number of nitrogens with one attached hydrogen (secondary N) is 2. The summed E-state index contributed by atoms with van der Waals surface area (Å²) < 4.78 is 2.01. The van der Waals surface area contributed by atoms with Crippen LogP contribution in [0.2, 0.25) is 0 Å². The number of likely N-dealkylation sites (tertiary alicyclic amines) is 1. The summed E-state index contributed by atoms with van der Waals surface area (Å²) in [5.74, 6) is 2.03. The minimum atomic E-state index is 0.102. The van der Waals surface area contributed by atoms with E-state index in [0.717, 1.165) is 48.7 Å². The van der Waals surface area contributed by atoms with E-state index in [4.69, 9.17) is 4.98 Å². The van der Waals surface area contributed by atoms with E-state index < -0.39 is 0 Å². The maximum absolute atomic E-state index is 4.76. The zero-order valence-corrected chi connectivity index (χ0v) is 21.7. The van der Waals surface area contributed by atoms with Crippen molar-refractivity contribution >= 4 is 22.7 Å². The number of hydrogen-bond acceptors (Lipinski definition) is 6. The monoisotopic (exact) mass is 503 g/mol. The summed E-state index contributed by atoms with van der Waals surface area (Å²) in [6, 6.07) is 29.4. The van der Waals surface area contributed by atoms with Crippen LogP contribution in [0.4, 0.5) is 11.6 Å². The van der Waals surface area contributed by atoms with E-state index in [2.05, 4.69) is 93.1 Å². The first-order chi connectivity index (χ1) is 18.7. The largest absolute Gasteiger partial charge is 0.385 e. The van der Waals surface area contributed by atoms with Gasteiger partial charge in [-0.05, 0) is 61.2 Å². The maximum Gasteiger partial charge on any atom is 0.225 e. The van der Waals surface area contributed by atoms with Gasteiger partial charge >= 0.3 is 0 Å².